The molecule has 2 heterocycles. The molecule has 2 saturated heterocycles. The summed E-state index contributed by atoms with van der Waals surface area (Å²) >= 11 is 0. The van der Waals surface area contributed by atoms with E-state index in [0.717, 1.165) is 38.5 Å². The number of carbonyl (C=O) groups is 6. The Balaban J connectivity index is 0.00000168. The van der Waals surface area contributed by atoms with Gasteiger partial charge in [-0.2, -0.15) is 0 Å². The van der Waals surface area contributed by atoms with Crippen molar-refractivity contribution >= 4 is 93.8 Å². The molecule has 87 heavy (non-hydrogen) atoms. The number of rotatable bonds is 50. The van der Waals surface area contributed by atoms with E-state index in [1.807, 2.05) is 0 Å². The summed E-state index contributed by atoms with van der Waals surface area (Å²) < 4.78 is 98.0. The number of carbonyl (C=O) groups excluding carboxylic acids is 6. The Labute approximate surface area is 553 Å². The zero-order valence-electron chi connectivity index (χ0n) is 53.7. The normalized spacial score (nSPS) is 19.4. The van der Waals surface area contributed by atoms with Crippen LogP contribution >= 0.6 is 0 Å². The fraction of sp³-hybridized carbons (Fsp3) is 0.906. The summed E-state index contributed by atoms with van der Waals surface area (Å²) in [5.74, 6) is -5.99. The van der Waals surface area contributed by atoms with Gasteiger partial charge in [0.25, 0.3) is 0 Å². The van der Waals surface area contributed by atoms with Crippen LogP contribution < -0.4 is 0 Å². The molecule has 504 valence electrons. The number of aliphatic hydroxyl groups excluding tert-OH is 2. The van der Waals surface area contributed by atoms with E-state index in [2.05, 4.69) is 13.8 Å². The first-order valence-corrected chi connectivity index (χ1v) is 36.3. The SMILES string of the molecule is CCCCCCCCCCCCCCCCCCCCCCC(=O)OCC1(CO)COC(=O)CC(S(=O)(=O)[O-])C(=O)OC1.CCCCCCCCCCCCCCCCCCCCCCC(=O)OCC1(CO)COC(=O)CC(S(=O)(=O)[O-])C(=O)OC1.[Ca+2]. The van der Waals surface area contributed by atoms with Crippen LogP contribution in [0.25, 0.3) is 0 Å². The van der Waals surface area contributed by atoms with Gasteiger partial charge in [-0.05, 0) is 12.8 Å². The first-order chi connectivity index (χ1) is 41.3. The van der Waals surface area contributed by atoms with Crippen molar-refractivity contribution in [2.45, 2.75) is 307 Å². The van der Waals surface area contributed by atoms with Gasteiger partial charge in [-0.3, -0.25) is 28.8 Å². The minimum Gasteiger partial charge on any atom is -0.747 e. The van der Waals surface area contributed by atoms with Crippen LogP contribution in [0.15, 0.2) is 0 Å². The average Bonchev–Trinajstić information content (AvgIpc) is 2.74. The van der Waals surface area contributed by atoms with E-state index >= 15 is 0 Å². The number of cyclic esters (lactones) is 4. The Bertz CT molecular complexity index is 1900. The molecule has 20 nitrogen and oxygen atoms in total. The predicted octanol–water partition coefficient (Wildman–Crippen LogP) is 11.9. The molecule has 2 aliphatic heterocycles. The molecule has 4 atom stereocenters. The Hall–Kier alpha value is -2.18. The molecule has 2 fully saturated rings. The molecule has 0 amide bonds. The standard InChI is InChI=1S/2C32H58O10S.Ca/c2*1-2-3-4-5-6-7-8-9-10-11-12-13-14-15-16-17-18-19-20-21-22-29(34)40-25-32(24-33)26-41-30(35)23-28(43(37,38)39)31(36)42-27-32;/h2*28,33H,2-27H2,1H3,(H,37,38,39);/q;;+2/p-2. The summed E-state index contributed by atoms with van der Waals surface area (Å²) in [4.78, 5) is 72.4. The molecule has 0 aromatic rings. The molecule has 2 rings (SSSR count). The van der Waals surface area contributed by atoms with Gasteiger partial charge in [0.15, 0.2) is 10.5 Å². The molecule has 0 spiro atoms. The maximum absolute atomic E-state index is 12.2. The van der Waals surface area contributed by atoms with E-state index in [1.54, 1.807) is 0 Å². The second kappa shape index (κ2) is 53.3. The molecule has 2 N–H and O–H groups in total. The Kier molecular flexibility index (Phi) is 52.0. The van der Waals surface area contributed by atoms with Gasteiger partial charge in [0, 0.05) is 12.8 Å². The van der Waals surface area contributed by atoms with Crippen LogP contribution in [0.4, 0.5) is 0 Å². The largest absolute Gasteiger partial charge is 2.00 e. The minimum atomic E-state index is -5.14. The van der Waals surface area contributed by atoms with Crippen LogP contribution in [0.3, 0.4) is 0 Å². The van der Waals surface area contributed by atoms with Crippen LogP contribution in [0.2, 0.25) is 0 Å². The summed E-state index contributed by atoms with van der Waals surface area (Å²) in [6.07, 6.45) is 49.2. The molecule has 23 heteroatoms. The molecule has 0 aliphatic carbocycles. The maximum Gasteiger partial charge on any atom is 2.00 e. The van der Waals surface area contributed by atoms with Gasteiger partial charge in [0.2, 0.25) is 0 Å². The van der Waals surface area contributed by atoms with Gasteiger partial charge in [-0.25, -0.2) is 16.8 Å². The van der Waals surface area contributed by atoms with Gasteiger partial charge in [0.05, 0.1) is 36.9 Å². The van der Waals surface area contributed by atoms with E-state index in [4.69, 9.17) is 28.4 Å². The monoisotopic (exact) mass is 1310 g/mol. The molecule has 4 unspecified atom stereocenters. The smallest absolute Gasteiger partial charge is 0.747 e. The zero-order valence-corrected chi connectivity index (χ0v) is 57.5. The third-order valence-corrected chi connectivity index (χ3v) is 18.4. The summed E-state index contributed by atoms with van der Waals surface area (Å²) in [5.41, 5.74) is -2.90. The molecule has 0 radical (unpaired) electrons. The molecule has 2 aliphatic rings. The van der Waals surface area contributed by atoms with Crippen molar-refractivity contribution in [1.82, 2.24) is 0 Å². The Morgan fingerprint density at radius 3 is 0.816 bits per heavy atom. The first-order valence-electron chi connectivity index (χ1n) is 33.3. The van der Waals surface area contributed by atoms with E-state index in [9.17, 15) is 64.9 Å². The zero-order chi connectivity index (χ0) is 63.6. The van der Waals surface area contributed by atoms with Gasteiger partial charge in [0.1, 0.15) is 59.9 Å². The van der Waals surface area contributed by atoms with E-state index in [1.165, 1.54) is 205 Å². The van der Waals surface area contributed by atoms with Crippen molar-refractivity contribution in [2.24, 2.45) is 10.8 Å². The third-order valence-electron chi connectivity index (χ3n) is 16.3. The van der Waals surface area contributed by atoms with Crippen molar-refractivity contribution in [2.75, 3.05) is 52.9 Å². The fourth-order valence-corrected chi connectivity index (χ4v) is 11.6. The van der Waals surface area contributed by atoms with Crippen molar-refractivity contribution in [3.05, 3.63) is 0 Å². The van der Waals surface area contributed by atoms with Crippen LogP contribution in [0.1, 0.15) is 296 Å². The van der Waals surface area contributed by atoms with Gasteiger partial charge in [-0.1, -0.05) is 258 Å². The van der Waals surface area contributed by atoms with Crippen molar-refractivity contribution in [1.29, 1.82) is 0 Å². The quantitative estimate of drug-likeness (QED) is 0.0188. The summed E-state index contributed by atoms with van der Waals surface area (Å²) in [6.45, 7) is 0.345. The Morgan fingerprint density at radius 1 is 0.402 bits per heavy atom. The molecular weight excluding hydrogens is 1190 g/mol. The van der Waals surface area contributed by atoms with E-state index in [-0.39, 0.29) is 50.6 Å². The maximum atomic E-state index is 12.2. The first kappa shape index (κ1) is 84.8. The summed E-state index contributed by atoms with van der Waals surface area (Å²) in [5, 5.41) is 15.3. The van der Waals surface area contributed by atoms with Crippen LogP contribution in [-0.2, 0) is 77.4 Å². The predicted molar refractivity (Wildman–Crippen MR) is 332 cm³/mol. The second-order valence-corrected chi connectivity index (χ2v) is 27.6. The number of ether oxygens (including phenoxy) is 6. The summed E-state index contributed by atoms with van der Waals surface area (Å²) in [6, 6.07) is 0. The van der Waals surface area contributed by atoms with Crippen molar-refractivity contribution in [3.8, 4) is 0 Å². The minimum absolute atomic E-state index is 0. The number of hydrogen-bond donors (Lipinski definition) is 2. The van der Waals surface area contributed by atoms with Crippen molar-refractivity contribution < 1.29 is 93.3 Å². The molecule has 0 aromatic heterocycles. The van der Waals surface area contributed by atoms with Gasteiger partial charge in [-0.15, -0.1) is 0 Å². The number of esters is 6. The summed E-state index contributed by atoms with van der Waals surface area (Å²) in [7, 11) is -10.3. The van der Waals surface area contributed by atoms with E-state index < -0.39 is 143 Å². The van der Waals surface area contributed by atoms with E-state index in [0.29, 0.717) is 12.8 Å². The van der Waals surface area contributed by atoms with Gasteiger partial charge < -0.3 is 47.7 Å². The number of unbranched alkanes of at least 4 members (excludes halogenated alkanes) is 38. The van der Waals surface area contributed by atoms with Crippen LogP contribution in [-0.4, -0.2) is 173 Å². The molecule has 0 saturated carbocycles. The topological polar surface area (TPSA) is 313 Å². The number of hydrogen-bond acceptors (Lipinski definition) is 20. The van der Waals surface area contributed by atoms with Crippen molar-refractivity contribution in [3.63, 3.8) is 0 Å². The Morgan fingerprint density at radius 2 is 0.609 bits per heavy atom. The second-order valence-electron chi connectivity index (χ2n) is 24.5. The third kappa shape index (κ3) is 44.9. The molecule has 0 bridgehead atoms. The van der Waals surface area contributed by atoms with Crippen LogP contribution in [0, 0.1) is 10.8 Å². The number of aliphatic hydroxyl groups is 2. The molecular formula is C64H114CaO20S2. The van der Waals surface area contributed by atoms with Gasteiger partial charge >= 0.3 is 73.6 Å². The van der Waals surface area contributed by atoms with Crippen LogP contribution in [0.5, 0.6) is 0 Å². The fourth-order valence-electron chi connectivity index (χ4n) is 10.3. The molecule has 0 aromatic carbocycles. The average molecular weight is 1310 g/mol.